The lowest BCUT2D eigenvalue weighted by Gasteiger charge is -2.09. The Bertz CT molecular complexity index is 600. The number of benzene rings is 1. The van der Waals surface area contributed by atoms with Crippen molar-refractivity contribution in [3.05, 3.63) is 58.9 Å². The predicted molar refractivity (Wildman–Crippen MR) is 64.4 cm³/mol. The Labute approximate surface area is 107 Å². The molecule has 0 amide bonds. The van der Waals surface area contributed by atoms with E-state index in [2.05, 4.69) is 10.1 Å². The molecule has 0 radical (unpaired) electrons. The molecule has 0 aliphatic carbocycles. The number of hydrogen-bond acceptors (Lipinski definition) is 2. The molecule has 100 valence electrons. The molecule has 0 saturated heterocycles. The molecule has 2 aromatic rings. The van der Waals surface area contributed by atoms with Crippen LogP contribution in [0.5, 0.6) is 0 Å². The lowest BCUT2D eigenvalue weighted by atomic mass is 10.0. The molecule has 6 heteroatoms. The van der Waals surface area contributed by atoms with Crippen LogP contribution in [-0.2, 0) is 6.18 Å². The van der Waals surface area contributed by atoms with Crippen molar-refractivity contribution in [2.45, 2.75) is 13.1 Å². The quantitative estimate of drug-likeness (QED) is 0.488. The molecule has 0 bridgehead atoms. The number of hydrogen-bond donors (Lipinski definition) is 2. The summed E-state index contributed by atoms with van der Waals surface area (Å²) in [5.74, 6) is 0. The van der Waals surface area contributed by atoms with Gasteiger partial charge in [-0.1, -0.05) is 35.5 Å². The third-order valence-electron chi connectivity index (χ3n) is 2.64. The minimum absolute atomic E-state index is 0.138. The van der Waals surface area contributed by atoms with Crippen molar-refractivity contribution in [3.63, 3.8) is 0 Å². The van der Waals surface area contributed by atoms with E-state index in [0.29, 0.717) is 11.3 Å². The summed E-state index contributed by atoms with van der Waals surface area (Å²) in [4.78, 5) is 2.59. The van der Waals surface area contributed by atoms with E-state index in [9.17, 15) is 13.2 Å². The summed E-state index contributed by atoms with van der Waals surface area (Å²) in [7, 11) is 0. The number of halogens is 3. The number of rotatable bonds is 2. The Morgan fingerprint density at radius 3 is 2.37 bits per heavy atom. The second-order valence-corrected chi connectivity index (χ2v) is 4.05. The second-order valence-electron chi connectivity index (χ2n) is 4.05. The average molecular weight is 268 g/mol. The molecule has 0 unspecified atom stereocenters. The molecule has 3 nitrogen and oxygen atoms in total. The van der Waals surface area contributed by atoms with Crippen LogP contribution in [0.25, 0.3) is 0 Å². The molecule has 0 atom stereocenters. The van der Waals surface area contributed by atoms with Crippen molar-refractivity contribution in [2.24, 2.45) is 5.16 Å². The first-order valence-corrected chi connectivity index (χ1v) is 5.48. The van der Waals surface area contributed by atoms with E-state index in [1.54, 1.807) is 30.3 Å². The van der Waals surface area contributed by atoms with E-state index in [4.69, 9.17) is 5.21 Å². The summed E-state index contributed by atoms with van der Waals surface area (Å²) < 4.78 is 38.8. The van der Waals surface area contributed by atoms with Crippen LogP contribution in [-0.4, -0.2) is 15.9 Å². The highest BCUT2D eigenvalue weighted by Crippen LogP contribution is 2.33. The van der Waals surface area contributed by atoms with Gasteiger partial charge in [-0.3, -0.25) is 0 Å². The zero-order chi connectivity index (χ0) is 14.0. The van der Waals surface area contributed by atoms with Crippen LogP contribution in [0.2, 0.25) is 0 Å². The van der Waals surface area contributed by atoms with Gasteiger partial charge in [-0.05, 0) is 13.0 Å². The first-order valence-electron chi connectivity index (χ1n) is 5.48. The molecule has 0 aliphatic rings. The standard InChI is InChI=1S/C13H11F3N2O/c1-8-7-10(13(14,15)16)12(17-8)11(18-19)9-5-3-2-4-6-9/h2-7,17,19H,1H3/b18-11+. The van der Waals surface area contributed by atoms with Gasteiger partial charge in [0.25, 0.3) is 0 Å². The number of nitrogens with one attached hydrogen (secondary N) is 1. The van der Waals surface area contributed by atoms with Crippen LogP contribution in [0.3, 0.4) is 0 Å². The fourth-order valence-electron chi connectivity index (χ4n) is 1.85. The van der Waals surface area contributed by atoms with Gasteiger partial charge in [0.1, 0.15) is 5.71 Å². The highest BCUT2D eigenvalue weighted by atomic mass is 19.4. The van der Waals surface area contributed by atoms with Gasteiger partial charge in [-0.25, -0.2) is 0 Å². The minimum Gasteiger partial charge on any atom is -0.410 e. The van der Waals surface area contributed by atoms with Crippen molar-refractivity contribution >= 4 is 5.71 Å². The Morgan fingerprint density at radius 2 is 1.84 bits per heavy atom. The highest BCUT2D eigenvalue weighted by molar-refractivity contribution is 6.12. The van der Waals surface area contributed by atoms with Crippen LogP contribution in [0.1, 0.15) is 22.5 Å². The maximum absolute atomic E-state index is 12.9. The van der Waals surface area contributed by atoms with Crippen molar-refractivity contribution in [1.29, 1.82) is 0 Å². The predicted octanol–water partition coefficient (Wildman–Crippen LogP) is 3.57. The van der Waals surface area contributed by atoms with E-state index < -0.39 is 11.7 Å². The zero-order valence-corrected chi connectivity index (χ0v) is 9.99. The maximum Gasteiger partial charge on any atom is 0.418 e. The molecule has 2 rings (SSSR count). The summed E-state index contributed by atoms with van der Waals surface area (Å²) >= 11 is 0. The molecule has 0 spiro atoms. The van der Waals surface area contributed by atoms with Gasteiger partial charge in [0.05, 0.1) is 11.3 Å². The average Bonchev–Trinajstić information content (AvgIpc) is 2.73. The van der Waals surface area contributed by atoms with E-state index in [-0.39, 0.29) is 11.4 Å². The number of alkyl halides is 3. The molecule has 0 aliphatic heterocycles. The molecule has 0 saturated carbocycles. The first-order chi connectivity index (χ1) is 8.93. The maximum atomic E-state index is 12.9. The molecule has 2 N–H and O–H groups in total. The molecule has 1 aromatic heterocycles. The number of nitrogens with zero attached hydrogens (tertiary/aromatic N) is 1. The fourth-order valence-corrected chi connectivity index (χ4v) is 1.85. The lowest BCUT2D eigenvalue weighted by molar-refractivity contribution is -0.137. The third-order valence-corrected chi connectivity index (χ3v) is 2.64. The van der Waals surface area contributed by atoms with Gasteiger partial charge in [-0.2, -0.15) is 13.2 Å². The number of oxime groups is 1. The monoisotopic (exact) mass is 268 g/mol. The first kappa shape index (κ1) is 13.2. The Hall–Kier alpha value is -2.24. The van der Waals surface area contributed by atoms with E-state index in [1.807, 2.05) is 0 Å². The van der Waals surface area contributed by atoms with Crippen LogP contribution < -0.4 is 0 Å². The Kier molecular flexibility index (Phi) is 3.33. The van der Waals surface area contributed by atoms with Gasteiger partial charge in [0.15, 0.2) is 0 Å². The normalized spacial score (nSPS) is 12.7. The largest absolute Gasteiger partial charge is 0.418 e. The second kappa shape index (κ2) is 4.79. The van der Waals surface area contributed by atoms with Gasteiger partial charge in [0, 0.05) is 11.3 Å². The number of aryl methyl sites for hydroxylation is 1. The zero-order valence-electron chi connectivity index (χ0n) is 9.99. The van der Waals surface area contributed by atoms with Crippen molar-refractivity contribution in [3.8, 4) is 0 Å². The fraction of sp³-hybridized carbons (Fsp3) is 0.154. The lowest BCUT2D eigenvalue weighted by Crippen LogP contribution is -2.13. The summed E-state index contributed by atoms with van der Waals surface area (Å²) in [5.41, 5.74) is -0.474. The summed E-state index contributed by atoms with van der Waals surface area (Å²) in [6.45, 7) is 1.51. The Morgan fingerprint density at radius 1 is 1.21 bits per heavy atom. The van der Waals surface area contributed by atoms with Crippen molar-refractivity contribution in [2.75, 3.05) is 0 Å². The number of H-pyrrole nitrogens is 1. The topological polar surface area (TPSA) is 48.4 Å². The summed E-state index contributed by atoms with van der Waals surface area (Å²) in [6, 6.07) is 9.18. The molecule has 1 heterocycles. The molecule has 1 aromatic carbocycles. The highest BCUT2D eigenvalue weighted by Gasteiger charge is 2.36. The van der Waals surface area contributed by atoms with E-state index >= 15 is 0 Å². The molecular formula is C13H11F3N2O. The molecular weight excluding hydrogens is 257 g/mol. The van der Waals surface area contributed by atoms with Crippen molar-refractivity contribution in [1.82, 2.24) is 4.98 Å². The Balaban J connectivity index is 2.58. The van der Waals surface area contributed by atoms with Gasteiger partial charge in [-0.15, -0.1) is 0 Å². The van der Waals surface area contributed by atoms with Crippen LogP contribution >= 0.6 is 0 Å². The number of aromatic nitrogens is 1. The van der Waals surface area contributed by atoms with E-state index in [1.165, 1.54) is 6.92 Å². The summed E-state index contributed by atoms with van der Waals surface area (Å²) in [6.07, 6.45) is -4.51. The summed E-state index contributed by atoms with van der Waals surface area (Å²) in [5, 5.41) is 12.0. The van der Waals surface area contributed by atoms with E-state index in [0.717, 1.165) is 6.07 Å². The van der Waals surface area contributed by atoms with Crippen LogP contribution in [0.15, 0.2) is 41.6 Å². The third kappa shape index (κ3) is 2.62. The molecule has 0 fully saturated rings. The smallest absolute Gasteiger partial charge is 0.410 e. The van der Waals surface area contributed by atoms with Crippen LogP contribution in [0, 0.1) is 6.92 Å². The van der Waals surface area contributed by atoms with Gasteiger partial charge >= 0.3 is 6.18 Å². The molecule has 19 heavy (non-hydrogen) atoms. The van der Waals surface area contributed by atoms with Gasteiger partial charge in [0.2, 0.25) is 0 Å². The number of aromatic amines is 1. The van der Waals surface area contributed by atoms with Crippen LogP contribution in [0.4, 0.5) is 13.2 Å². The van der Waals surface area contributed by atoms with Gasteiger partial charge < -0.3 is 10.2 Å². The van der Waals surface area contributed by atoms with Crippen molar-refractivity contribution < 1.29 is 18.4 Å². The minimum atomic E-state index is -4.51. The SMILES string of the molecule is Cc1cc(C(F)(F)F)c(/C(=N/O)c2ccccc2)[nH]1.